The van der Waals surface area contributed by atoms with E-state index in [1.807, 2.05) is 47.4 Å². The van der Waals surface area contributed by atoms with Crippen molar-refractivity contribution in [3.8, 4) is 22.0 Å². The highest BCUT2D eigenvalue weighted by Crippen LogP contribution is 2.36. The zero-order valence-corrected chi connectivity index (χ0v) is 17.5. The number of benzene rings is 1. The summed E-state index contributed by atoms with van der Waals surface area (Å²) in [4.78, 5) is 20.8. The number of aromatic nitrogens is 1. The smallest absolute Gasteiger partial charge is 0.266 e. The van der Waals surface area contributed by atoms with Gasteiger partial charge in [0.15, 0.2) is 10.8 Å². The fraction of sp³-hybridized carbons (Fsp3) is 0.300. The maximum Gasteiger partial charge on any atom is 0.266 e. The van der Waals surface area contributed by atoms with Gasteiger partial charge in [-0.1, -0.05) is 30.3 Å². The number of amides is 1. The lowest BCUT2D eigenvalue weighted by Crippen LogP contribution is -2.31. The number of halogens is 2. The molecule has 5 rings (SSSR count). The van der Waals surface area contributed by atoms with Crippen molar-refractivity contribution < 1.29 is 9.21 Å². The molecule has 28 heavy (non-hydrogen) atoms. The Labute approximate surface area is 180 Å². The van der Waals surface area contributed by atoms with Crippen molar-refractivity contribution in [2.24, 2.45) is 11.8 Å². The van der Waals surface area contributed by atoms with E-state index in [9.17, 15) is 4.79 Å². The van der Waals surface area contributed by atoms with Crippen LogP contribution in [0.2, 0.25) is 0 Å². The molecule has 4 heterocycles. The summed E-state index contributed by atoms with van der Waals surface area (Å²) < 4.78 is 5.50. The van der Waals surface area contributed by atoms with Gasteiger partial charge in [-0.2, -0.15) is 0 Å². The Morgan fingerprint density at radius 3 is 2.43 bits per heavy atom. The summed E-state index contributed by atoms with van der Waals surface area (Å²) in [6, 6.07) is 13.6. The van der Waals surface area contributed by atoms with Crippen LogP contribution < -0.4 is 5.32 Å². The lowest BCUT2D eigenvalue weighted by Gasteiger charge is -2.17. The summed E-state index contributed by atoms with van der Waals surface area (Å²) >= 11 is 1.42. The molecule has 1 N–H and O–H groups in total. The monoisotopic (exact) mass is 437 g/mol. The number of furan rings is 1. The number of likely N-dealkylation sites (tertiary alicyclic amines) is 1. The molecule has 0 aliphatic carbocycles. The third-order valence-electron chi connectivity index (χ3n) is 5.28. The molecule has 0 saturated carbocycles. The summed E-state index contributed by atoms with van der Waals surface area (Å²) in [5, 5.41) is 4.17. The maximum absolute atomic E-state index is 13.3. The molecule has 0 radical (unpaired) electrons. The number of hydrogen-bond acceptors (Lipinski definition) is 5. The zero-order chi connectivity index (χ0) is 17.5. The first-order chi connectivity index (χ1) is 12.8. The predicted molar refractivity (Wildman–Crippen MR) is 116 cm³/mol. The molecule has 2 atom stereocenters. The third kappa shape index (κ3) is 3.70. The van der Waals surface area contributed by atoms with E-state index in [4.69, 9.17) is 9.40 Å². The minimum atomic E-state index is 0. The average Bonchev–Trinajstić information content (AvgIpc) is 3.44. The van der Waals surface area contributed by atoms with Gasteiger partial charge in [0.1, 0.15) is 4.88 Å². The van der Waals surface area contributed by atoms with Crippen LogP contribution in [-0.2, 0) is 0 Å². The van der Waals surface area contributed by atoms with E-state index in [0.29, 0.717) is 22.5 Å². The fourth-order valence-corrected chi connectivity index (χ4v) is 4.95. The molecular formula is C20H21Cl2N3O2S. The zero-order valence-electron chi connectivity index (χ0n) is 15.0. The van der Waals surface area contributed by atoms with Gasteiger partial charge in [0.2, 0.25) is 0 Å². The molecule has 2 aromatic heterocycles. The van der Waals surface area contributed by atoms with Crippen LogP contribution in [0.3, 0.4) is 0 Å². The number of nitrogens with zero attached hydrogens (tertiary/aromatic N) is 2. The molecule has 5 nitrogen and oxygen atoms in total. The van der Waals surface area contributed by atoms with Crippen LogP contribution in [0.15, 0.2) is 53.1 Å². The SMILES string of the molecule is Cl.Cl.O=C(c1sc(-c2ccco2)nc1-c1ccccc1)N1C[C@H]2CNC[C@H]2C1. The summed E-state index contributed by atoms with van der Waals surface area (Å²) in [6.45, 7) is 3.69. The second-order valence-electron chi connectivity index (χ2n) is 6.93. The van der Waals surface area contributed by atoms with Crippen molar-refractivity contribution >= 4 is 42.1 Å². The van der Waals surface area contributed by atoms with E-state index in [2.05, 4.69) is 5.32 Å². The minimum Gasteiger partial charge on any atom is -0.462 e. The van der Waals surface area contributed by atoms with Crippen molar-refractivity contribution in [3.63, 3.8) is 0 Å². The molecule has 0 spiro atoms. The first kappa shape index (κ1) is 20.9. The lowest BCUT2D eigenvalue weighted by atomic mass is 10.0. The number of thiazole rings is 1. The van der Waals surface area contributed by atoms with Gasteiger partial charge >= 0.3 is 0 Å². The van der Waals surface area contributed by atoms with Crippen molar-refractivity contribution in [3.05, 3.63) is 53.6 Å². The van der Waals surface area contributed by atoms with Gasteiger partial charge in [0, 0.05) is 31.7 Å². The molecule has 8 heteroatoms. The van der Waals surface area contributed by atoms with Crippen LogP contribution >= 0.6 is 36.2 Å². The van der Waals surface area contributed by atoms with E-state index in [1.54, 1.807) is 6.26 Å². The standard InChI is InChI=1S/C20H19N3O2S.2ClH/c24-20(23-11-14-9-21-10-15(14)12-23)18-17(13-5-2-1-3-6-13)22-19(26-18)16-7-4-8-25-16;;/h1-8,14-15,21H,9-12H2;2*1H/t14-,15+;;. The van der Waals surface area contributed by atoms with Gasteiger partial charge in [-0.3, -0.25) is 4.79 Å². The topological polar surface area (TPSA) is 58.4 Å². The fourth-order valence-electron chi connectivity index (χ4n) is 3.93. The number of rotatable bonds is 3. The molecule has 2 fully saturated rings. The Kier molecular flexibility index (Phi) is 6.45. The third-order valence-corrected chi connectivity index (χ3v) is 6.34. The Morgan fingerprint density at radius 1 is 1.07 bits per heavy atom. The van der Waals surface area contributed by atoms with Crippen LogP contribution in [0.4, 0.5) is 0 Å². The van der Waals surface area contributed by atoms with Crippen LogP contribution in [0.1, 0.15) is 9.67 Å². The Balaban J connectivity index is 0.00000112. The molecule has 2 saturated heterocycles. The molecule has 0 bridgehead atoms. The van der Waals surface area contributed by atoms with E-state index < -0.39 is 0 Å². The van der Waals surface area contributed by atoms with Crippen LogP contribution in [0.25, 0.3) is 22.0 Å². The number of carbonyl (C=O) groups excluding carboxylic acids is 1. The van der Waals surface area contributed by atoms with Gasteiger partial charge in [-0.25, -0.2) is 4.98 Å². The quantitative estimate of drug-likeness (QED) is 0.666. The molecule has 2 aliphatic heterocycles. The van der Waals surface area contributed by atoms with E-state index in [0.717, 1.165) is 42.4 Å². The van der Waals surface area contributed by atoms with Gasteiger partial charge in [-0.05, 0) is 24.0 Å². The Bertz CT molecular complexity index is 918. The molecule has 0 unspecified atom stereocenters. The maximum atomic E-state index is 13.3. The Morgan fingerprint density at radius 2 is 1.79 bits per heavy atom. The van der Waals surface area contributed by atoms with Gasteiger partial charge in [0.05, 0.1) is 12.0 Å². The van der Waals surface area contributed by atoms with Crippen LogP contribution in [0.5, 0.6) is 0 Å². The van der Waals surface area contributed by atoms with E-state index in [-0.39, 0.29) is 30.7 Å². The highest BCUT2D eigenvalue weighted by molar-refractivity contribution is 7.17. The summed E-state index contributed by atoms with van der Waals surface area (Å²) in [5.74, 6) is 1.95. The molecule has 2 aliphatic rings. The normalized spacial score (nSPS) is 20.4. The highest BCUT2D eigenvalue weighted by Gasteiger charge is 2.39. The van der Waals surface area contributed by atoms with E-state index >= 15 is 0 Å². The number of hydrogen-bond donors (Lipinski definition) is 1. The highest BCUT2D eigenvalue weighted by atomic mass is 35.5. The second-order valence-corrected chi connectivity index (χ2v) is 7.93. The van der Waals surface area contributed by atoms with Gasteiger partial charge < -0.3 is 14.6 Å². The van der Waals surface area contributed by atoms with Gasteiger partial charge in [0.25, 0.3) is 5.91 Å². The summed E-state index contributed by atoms with van der Waals surface area (Å²) in [6.07, 6.45) is 1.63. The molecule has 148 valence electrons. The van der Waals surface area contributed by atoms with E-state index in [1.165, 1.54) is 11.3 Å². The lowest BCUT2D eigenvalue weighted by molar-refractivity contribution is 0.0787. The number of fused-ring (bicyclic) bond motifs is 1. The summed E-state index contributed by atoms with van der Waals surface area (Å²) in [7, 11) is 0. The van der Waals surface area contributed by atoms with Crippen molar-refractivity contribution in [2.75, 3.05) is 26.2 Å². The average molecular weight is 438 g/mol. The molecule has 1 amide bonds. The minimum absolute atomic E-state index is 0. The first-order valence-electron chi connectivity index (χ1n) is 8.89. The van der Waals surface area contributed by atoms with Crippen molar-refractivity contribution in [1.29, 1.82) is 0 Å². The van der Waals surface area contributed by atoms with Gasteiger partial charge in [-0.15, -0.1) is 36.2 Å². The Hall–Kier alpha value is -1.86. The summed E-state index contributed by atoms with van der Waals surface area (Å²) in [5.41, 5.74) is 1.72. The largest absolute Gasteiger partial charge is 0.462 e. The van der Waals surface area contributed by atoms with Crippen molar-refractivity contribution in [1.82, 2.24) is 15.2 Å². The second kappa shape index (κ2) is 8.66. The predicted octanol–water partition coefficient (Wildman–Crippen LogP) is 4.21. The number of nitrogens with one attached hydrogen (secondary N) is 1. The van der Waals surface area contributed by atoms with Crippen molar-refractivity contribution in [2.45, 2.75) is 0 Å². The first-order valence-corrected chi connectivity index (χ1v) is 9.71. The van der Waals surface area contributed by atoms with Crippen LogP contribution in [0, 0.1) is 11.8 Å². The van der Waals surface area contributed by atoms with Crippen LogP contribution in [-0.4, -0.2) is 42.0 Å². The molecule has 1 aromatic carbocycles. The molecule has 3 aromatic rings. The molecular weight excluding hydrogens is 417 g/mol. The number of carbonyl (C=O) groups is 1.